The number of aryl methyl sites for hydroxylation is 2. The Morgan fingerprint density at radius 2 is 1.46 bits per heavy atom. The summed E-state index contributed by atoms with van der Waals surface area (Å²) in [5, 5.41) is 11.7. The summed E-state index contributed by atoms with van der Waals surface area (Å²) in [6.45, 7) is 5.92. The minimum Gasteiger partial charge on any atom is -0.497 e. The van der Waals surface area contributed by atoms with Crippen LogP contribution in [0.25, 0.3) is 31.8 Å². The molecule has 22 heteroatoms. The van der Waals surface area contributed by atoms with Gasteiger partial charge in [-0.15, -0.1) is 11.3 Å². The van der Waals surface area contributed by atoms with Crippen LogP contribution in [0.1, 0.15) is 88.7 Å². The van der Waals surface area contributed by atoms with Crippen LogP contribution >= 0.6 is 22.9 Å². The molecule has 2 aliphatic heterocycles. The van der Waals surface area contributed by atoms with Gasteiger partial charge in [0.2, 0.25) is 12.0 Å². The molecule has 2 saturated heterocycles. The Labute approximate surface area is 565 Å². The first-order chi connectivity index (χ1) is 46.6. The Morgan fingerprint density at radius 3 is 2.12 bits per heavy atom. The highest BCUT2D eigenvalue weighted by atomic mass is 35.5. The molecule has 96 heavy (non-hydrogen) atoms. The Balaban J connectivity index is 0.916. The van der Waals surface area contributed by atoms with Gasteiger partial charge in [0.15, 0.2) is 12.1 Å². The average molecular weight is 1360 g/mol. The van der Waals surface area contributed by atoms with Crippen molar-refractivity contribution in [3.05, 3.63) is 232 Å². The van der Waals surface area contributed by atoms with Crippen molar-refractivity contribution in [2.24, 2.45) is 0 Å². The summed E-state index contributed by atoms with van der Waals surface area (Å²) in [7, 11) is -1.20. The first-order valence-electron chi connectivity index (χ1n) is 31.4. The molecule has 2 fully saturated rings. The summed E-state index contributed by atoms with van der Waals surface area (Å²) >= 11 is 8.81. The zero-order valence-corrected chi connectivity index (χ0v) is 55.8. The van der Waals surface area contributed by atoms with Gasteiger partial charge in [0.1, 0.15) is 76.7 Å². The third-order valence-electron chi connectivity index (χ3n) is 16.9. The highest BCUT2D eigenvalue weighted by molar-refractivity contribution is 7.86. The zero-order valence-electron chi connectivity index (χ0n) is 53.4. The molecule has 12 rings (SSSR count). The molecule has 496 valence electrons. The molecule has 5 heterocycles. The van der Waals surface area contributed by atoms with Gasteiger partial charge < -0.3 is 47.7 Å². The molecule has 0 radical (unpaired) electrons. The minimum atomic E-state index is -4.37. The third-order valence-corrected chi connectivity index (χ3v) is 19.8. The minimum absolute atomic E-state index is 0.0319. The normalized spacial score (nSPS) is 15.6. The number of carboxylic acid groups (broad SMARTS) is 1. The van der Waals surface area contributed by atoms with Gasteiger partial charge >= 0.3 is 5.97 Å². The molecule has 7 aromatic carbocycles. The molecular weight excluding hydrogens is 1290 g/mol. The number of carbonyl (C=O) groups is 1. The molecule has 2 aliphatic rings. The van der Waals surface area contributed by atoms with Crippen molar-refractivity contribution in [2.45, 2.75) is 101 Å². The van der Waals surface area contributed by atoms with Crippen molar-refractivity contribution in [3.8, 4) is 56.2 Å². The molecule has 0 bridgehead atoms. The molecule has 18 nitrogen and oxygen atoms in total. The third kappa shape index (κ3) is 15.0. The lowest BCUT2D eigenvalue weighted by molar-refractivity contribution is -0.145. The molecule has 0 saturated carbocycles. The number of rotatable bonds is 27. The Hall–Kier alpha value is -9.06. The van der Waals surface area contributed by atoms with Crippen LogP contribution in [0.2, 0.25) is 5.02 Å². The van der Waals surface area contributed by atoms with E-state index in [9.17, 15) is 22.7 Å². The largest absolute Gasteiger partial charge is 0.497 e. The van der Waals surface area contributed by atoms with E-state index in [4.69, 9.17) is 68.4 Å². The second-order valence-corrected chi connectivity index (χ2v) is 26.3. The number of ether oxygens (including phenoxy) is 9. The highest BCUT2D eigenvalue weighted by Crippen LogP contribution is 2.50. The van der Waals surface area contributed by atoms with E-state index in [1.165, 1.54) is 41.9 Å². The van der Waals surface area contributed by atoms with E-state index >= 15 is 0 Å². The summed E-state index contributed by atoms with van der Waals surface area (Å²) in [6.07, 6.45) is 3.52. The van der Waals surface area contributed by atoms with E-state index in [0.29, 0.717) is 108 Å². The molecule has 3 aromatic heterocycles. The highest BCUT2D eigenvalue weighted by Gasteiger charge is 2.40. The summed E-state index contributed by atoms with van der Waals surface area (Å²) in [5.41, 5.74) is 5.58. The van der Waals surface area contributed by atoms with Gasteiger partial charge in [-0.2, -0.15) is 8.42 Å². The zero-order chi connectivity index (χ0) is 66.9. The Kier molecular flexibility index (Phi) is 20.9. The van der Waals surface area contributed by atoms with Gasteiger partial charge in [0.05, 0.1) is 48.4 Å². The second kappa shape index (κ2) is 29.9. The van der Waals surface area contributed by atoms with E-state index in [1.54, 1.807) is 75.9 Å². The molecule has 4 atom stereocenters. The van der Waals surface area contributed by atoms with Gasteiger partial charge in [-0.25, -0.2) is 29.1 Å². The summed E-state index contributed by atoms with van der Waals surface area (Å²) in [6, 6.07) is 45.6. The molecule has 0 aliphatic carbocycles. The van der Waals surface area contributed by atoms with E-state index in [0.717, 1.165) is 42.4 Å². The predicted octanol–water partition coefficient (Wildman–Crippen LogP) is 15.1. The second-order valence-electron chi connectivity index (χ2n) is 23.3. The van der Waals surface area contributed by atoms with E-state index in [-0.39, 0.29) is 47.3 Å². The lowest BCUT2D eigenvalue weighted by Gasteiger charge is -2.37. The van der Waals surface area contributed by atoms with Crippen molar-refractivity contribution in [1.29, 1.82) is 0 Å². The number of benzene rings is 7. The maximum absolute atomic E-state index is 14.8. The standard InChI is InChI=1S/C74H70ClFN4O14S2/c1-45-16-30-58(31-17-45)96(83,84)91-43-57(42-90-74(50-12-7-6-8-13-50,51-20-26-55(85-4)27-21-51)52-22-28-56(86-5)29-23-52)92-60-33-32-59(47(3)68(60)75)66-67-71(78-44-79-72(67)95-69(66)48-18-24-53(76)25-19-48)94-64(73(81)82)40-49-39-62(93-65-15-9-10-36-88-65)46(2)38-63(49)89-41-54-34-35-77-70(80-54)61-14-11-37-87-61/h6-8,12-13,16-35,38-39,44,57,61,64-65H,9-11,14-15,36-37,40-43H2,1-5H3,(H,81,82)/t57-,61-,64?,65?/m0/s1. The maximum atomic E-state index is 14.8. The number of carboxylic acids is 1. The molecule has 2 unspecified atom stereocenters. The SMILES string of the molecule is COc1ccc(C(OC[C@@H](COS(=O)(=O)c2ccc(C)cc2)Oc2ccc(-c3c(-c4ccc(F)cc4)sc4ncnc(OC(Cc5cc(OC6CCCCO6)c(C)cc5OCc5ccnc([C@@H]6CCCO6)n5)C(=O)O)c34)c(C)c2Cl)(c2ccccc2)c2ccc(OC)cc2)cc1. The lowest BCUT2D eigenvalue weighted by atomic mass is 9.80. The van der Waals surface area contributed by atoms with Crippen molar-refractivity contribution < 1.29 is 69.5 Å². The predicted molar refractivity (Wildman–Crippen MR) is 360 cm³/mol. The lowest BCUT2D eigenvalue weighted by Crippen LogP contribution is -2.39. The number of hydrogen-bond donors (Lipinski definition) is 1. The van der Waals surface area contributed by atoms with Gasteiger partial charge in [0.25, 0.3) is 10.1 Å². The quantitative estimate of drug-likeness (QED) is 0.0374. The molecule has 10 aromatic rings. The number of aliphatic carboxylic acids is 1. The van der Waals surface area contributed by atoms with Crippen LogP contribution in [0.15, 0.2) is 175 Å². The van der Waals surface area contributed by atoms with E-state index in [1.807, 2.05) is 98.8 Å². The van der Waals surface area contributed by atoms with Crippen LogP contribution in [0.5, 0.6) is 34.6 Å². The number of nitrogens with zero attached hydrogens (tertiary/aromatic N) is 4. The molecule has 0 amide bonds. The fourth-order valence-electron chi connectivity index (χ4n) is 11.8. The van der Waals surface area contributed by atoms with Crippen LogP contribution in [-0.4, -0.2) is 98.6 Å². The van der Waals surface area contributed by atoms with Gasteiger partial charge in [-0.1, -0.05) is 102 Å². The first kappa shape index (κ1) is 66.9. The van der Waals surface area contributed by atoms with Gasteiger partial charge in [-0.05, 0) is 158 Å². The van der Waals surface area contributed by atoms with Crippen molar-refractivity contribution in [1.82, 2.24) is 19.9 Å². The molecular formula is C74H70ClFN4O14S2. The van der Waals surface area contributed by atoms with E-state index in [2.05, 4.69) is 9.97 Å². The van der Waals surface area contributed by atoms with Crippen molar-refractivity contribution in [2.75, 3.05) is 40.6 Å². The fraction of sp³-hybridized carbons (Fsp3) is 0.284. The number of halogens is 2. The van der Waals surface area contributed by atoms with Gasteiger partial charge in [0, 0.05) is 41.6 Å². The van der Waals surface area contributed by atoms with Crippen LogP contribution < -0.4 is 28.4 Å². The topological polar surface area (TPSA) is 215 Å². The van der Waals surface area contributed by atoms with Crippen LogP contribution in [0.3, 0.4) is 0 Å². The molecule has 0 spiro atoms. The van der Waals surface area contributed by atoms with Crippen LogP contribution in [-0.2, 0) is 51.9 Å². The summed E-state index contributed by atoms with van der Waals surface area (Å²) < 4.78 is 105. The Bertz CT molecular complexity index is 4410. The fourth-order valence-corrected chi connectivity index (χ4v) is 14.1. The summed E-state index contributed by atoms with van der Waals surface area (Å²) in [5.74, 6) is 0.982. The Morgan fingerprint density at radius 1 is 0.750 bits per heavy atom. The summed E-state index contributed by atoms with van der Waals surface area (Å²) in [4.78, 5) is 33.3. The monoisotopic (exact) mass is 1360 g/mol. The van der Waals surface area contributed by atoms with Crippen molar-refractivity contribution in [3.63, 3.8) is 0 Å². The number of fused-ring (bicyclic) bond motifs is 1. The van der Waals surface area contributed by atoms with Crippen LogP contribution in [0.4, 0.5) is 4.39 Å². The van der Waals surface area contributed by atoms with E-state index < -0.39 is 52.6 Å². The number of hydrogen-bond acceptors (Lipinski definition) is 18. The van der Waals surface area contributed by atoms with Gasteiger partial charge in [-0.3, -0.25) is 4.18 Å². The van der Waals surface area contributed by atoms with Crippen molar-refractivity contribution >= 4 is 49.2 Å². The number of aromatic nitrogens is 4. The maximum Gasteiger partial charge on any atom is 0.345 e. The number of thiophene rings is 1. The average Bonchev–Trinajstić information content (AvgIpc) is 1.43. The smallest absolute Gasteiger partial charge is 0.345 e. The van der Waals surface area contributed by atoms with Crippen LogP contribution in [0, 0.1) is 26.6 Å². The first-order valence-corrected chi connectivity index (χ1v) is 34.0. The molecule has 1 N–H and O–H groups in total. The number of methoxy groups -OCH3 is 2.